The zero-order valence-electron chi connectivity index (χ0n) is 22.4. The molecule has 0 amide bonds. The molecule has 0 aliphatic rings. The molecule has 0 N–H and O–H groups in total. The molecule has 4 heteroatoms. The van der Waals surface area contributed by atoms with Gasteiger partial charge in [-0.15, -0.1) is 0 Å². The summed E-state index contributed by atoms with van der Waals surface area (Å²) in [6.07, 6.45) is 0. The minimum atomic E-state index is 0.205. The van der Waals surface area contributed by atoms with Crippen molar-refractivity contribution in [3.05, 3.63) is 64.2 Å². The van der Waals surface area contributed by atoms with Crippen molar-refractivity contribution in [2.45, 2.75) is 105 Å². The van der Waals surface area contributed by atoms with Crippen LogP contribution in [0.1, 0.15) is 110 Å². The number of aryl methyl sites for hydroxylation is 1. The van der Waals surface area contributed by atoms with Crippen LogP contribution in [0.25, 0.3) is 0 Å². The van der Waals surface area contributed by atoms with Gasteiger partial charge in [-0.3, -0.25) is 0 Å². The Morgan fingerprint density at radius 3 is 1.31 bits per heavy atom. The number of benzene rings is 2. The van der Waals surface area contributed by atoms with Gasteiger partial charge >= 0.3 is 49.6 Å². The molecule has 0 saturated carbocycles. The second kappa shape index (κ2) is 13.9. The maximum absolute atomic E-state index is 2.43. The van der Waals surface area contributed by atoms with E-state index in [1.165, 1.54) is 33.1 Å². The fourth-order valence-electron chi connectivity index (χ4n) is 3.39. The molecule has 32 heavy (non-hydrogen) atoms. The molecule has 0 fully saturated rings. The monoisotopic (exact) mass is 769 g/mol. The predicted octanol–water partition coefficient (Wildman–Crippen LogP) is 9.70. The molecule has 1 atom stereocenters. The molecular formula is C28H46I2PRu+. The number of hydrogen-bond acceptors (Lipinski definition) is 0. The van der Waals surface area contributed by atoms with E-state index < -0.39 is 0 Å². The van der Waals surface area contributed by atoms with Gasteiger partial charge in [0.15, 0.2) is 0 Å². The molecule has 0 radical (unpaired) electrons. The second-order valence-electron chi connectivity index (χ2n) is 11.9. The summed E-state index contributed by atoms with van der Waals surface area (Å²) in [6.45, 7) is 27.4. The van der Waals surface area contributed by atoms with Crippen LogP contribution in [-0.4, -0.2) is 0 Å². The Morgan fingerprint density at radius 1 is 0.719 bits per heavy atom. The van der Waals surface area contributed by atoms with Crippen molar-refractivity contribution in [1.82, 2.24) is 0 Å². The molecule has 0 spiro atoms. The van der Waals surface area contributed by atoms with Crippen LogP contribution in [0, 0.1) is 6.92 Å². The minimum absolute atomic E-state index is 0.205. The summed E-state index contributed by atoms with van der Waals surface area (Å²) in [5.41, 5.74) is 7.84. The van der Waals surface area contributed by atoms with E-state index in [0.29, 0.717) is 16.0 Å². The molecule has 2 rings (SSSR count). The molecule has 0 aromatic heterocycles. The first-order valence-electron chi connectivity index (χ1n) is 11.3. The maximum atomic E-state index is 2.43. The van der Waals surface area contributed by atoms with Gasteiger partial charge in [-0.05, 0) is 51.3 Å². The van der Waals surface area contributed by atoms with E-state index >= 15 is 0 Å². The van der Waals surface area contributed by atoms with Crippen molar-refractivity contribution in [3.8, 4) is 0 Å². The normalized spacial score (nSPS) is 12.2. The summed E-state index contributed by atoms with van der Waals surface area (Å²) in [5.74, 6) is 0.653. The number of halogens is 2. The first-order valence-corrected chi connectivity index (χ1v) is 22.3. The summed E-state index contributed by atoms with van der Waals surface area (Å²) in [4.78, 5) is 0. The Morgan fingerprint density at radius 2 is 1.06 bits per heavy atom. The average molecular weight is 769 g/mol. The van der Waals surface area contributed by atoms with Crippen LogP contribution < -0.4 is 5.30 Å². The van der Waals surface area contributed by atoms with Crippen molar-refractivity contribution in [2.24, 2.45) is 0 Å². The topological polar surface area (TPSA) is 0 Å². The van der Waals surface area contributed by atoms with Gasteiger partial charge in [0.05, 0.1) is 5.30 Å². The van der Waals surface area contributed by atoms with E-state index in [1.54, 1.807) is 0 Å². The van der Waals surface area contributed by atoms with E-state index in [9.17, 15) is 0 Å². The van der Waals surface area contributed by atoms with Gasteiger partial charge in [-0.2, -0.15) is 0 Å². The number of hydrogen-bond donors (Lipinski definition) is 0. The van der Waals surface area contributed by atoms with Gasteiger partial charge in [0.2, 0.25) is 0 Å². The summed E-state index contributed by atoms with van der Waals surface area (Å²) in [5, 5.41) is 1.49. The quantitative estimate of drug-likeness (QED) is 0.154. The van der Waals surface area contributed by atoms with Gasteiger partial charge in [-0.25, -0.2) is 0 Å². The van der Waals surface area contributed by atoms with Gasteiger partial charge in [0, 0.05) is 9.24 Å². The molecule has 184 valence electrons. The van der Waals surface area contributed by atoms with Crippen molar-refractivity contribution in [3.63, 3.8) is 0 Å². The Bertz CT molecular complexity index is 785. The summed E-state index contributed by atoms with van der Waals surface area (Å²) in [6, 6.07) is 13.6. The molecule has 0 saturated heterocycles. The molecule has 1 unspecified atom stereocenters. The van der Waals surface area contributed by atoms with E-state index in [4.69, 9.17) is 0 Å². The summed E-state index contributed by atoms with van der Waals surface area (Å²) in [7, 11) is 2.70. The molecule has 0 nitrogen and oxygen atoms in total. The molecule has 0 heterocycles. The molecule has 0 aliphatic heterocycles. The average Bonchev–Trinajstić information content (AvgIpc) is 2.60. The van der Waals surface area contributed by atoms with Crippen LogP contribution in [0.2, 0.25) is 0 Å². The van der Waals surface area contributed by atoms with Crippen LogP contribution >= 0.6 is 48.7 Å². The second-order valence-corrected chi connectivity index (χ2v) is 26.0. The first-order chi connectivity index (χ1) is 14.4. The Hall–Kier alpha value is 0.953. The van der Waals surface area contributed by atoms with Crippen LogP contribution in [0.3, 0.4) is 0 Å². The van der Waals surface area contributed by atoms with Gasteiger partial charge in [0.25, 0.3) is 0 Å². The first kappa shape index (κ1) is 33.0. The standard InChI is InChI=1S/C18H31P.C10H14.2HI.Ru/c1-16(2,3)12-10-13(17(4,5)6)15(19)14(11-12)18(7,8)9;1-8(2)10-6-4-9(3)5-7-10;;;/h10-11H,19H2,1-9H3;4-8H,1-3H3;2*1H;/q;;;;+2/p-1. The van der Waals surface area contributed by atoms with Crippen LogP contribution in [0.5, 0.6) is 0 Å². The summed E-state index contributed by atoms with van der Waals surface area (Å²) < 4.78 is 0. The van der Waals surface area contributed by atoms with Gasteiger partial charge in [0.1, 0.15) is 0 Å². The van der Waals surface area contributed by atoms with Crippen LogP contribution in [-0.2, 0) is 26.3 Å². The third kappa shape index (κ3) is 11.6. The van der Waals surface area contributed by atoms with Crippen molar-refractivity contribution >= 4 is 54.0 Å². The summed E-state index contributed by atoms with van der Waals surface area (Å²) >= 11 is 4.73. The third-order valence-electron chi connectivity index (χ3n) is 5.48. The fourth-order valence-corrected chi connectivity index (χ4v) is 4.66. The Kier molecular flexibility index (Phi) is 14.3. The van der Waals surface area contributed by atoms with E-state index in [1.807, 2.05) is 0 Å². The van der Waals surface area contributed by atoms with Crippen molar-refractivity contribution in [1.29, 1.82) is 0 Å². The Labute approximate surface area is 231 Å². The molecule has 0 bridgehead atoms. The van der Waals surface area contributed by atoms with E-state index in [2.05, 4.69) is 168 Å². The van der Waals surface area contributed by atoms with Gasteiger partial charge < -0.3 is 0 Å². The van der Waals surface area contributed by atoms with E-state index in [-0.39, 0.29) is 16.2 Å². The third-order valence-corrected chi connectivity index (χ3v) is 6.24. The SMILES string of the molecule is CC(C)(C)c1cc(C(C)(C)C)c([PH3+])c(C(C)(C)C)c1.Cc1ccc(C(C)C)cc1.[I][Ru][I]. The van der Waals surface area contributed by atoms with Gasteiger partial charge in [-0.1, -0.05) is 118 Å². The van der Waals surface area contributed by atoms with E-state index in [0.717, 1.165) is 0 Å². The van der Waals surface area contributed by atoms with Crippen LogP contribution in [0.15, 0.2) is 36.4 Å². The molecular weight excluding hydrogens is 722 g/mol. The number of rotatable bonds is 1. The molecule has 2 aromatic carbocycles. The van der Waals surface area contributed by atoms with Crippen molar-refractivity contribution in [2.75, 3.05) is 0 Å². The predicted molar refractivity (Wildman–Crippen MR) is 167 cm³/mol. The van der Waals surface area contributed by atoms with Crippen LogP contribution in [0.4, 0.5) is 0 Å². The van der Waals surface area contributed by atoms with Crippen molar-refractivity contribution < 1.29 is 10.1 Å². The fraction of sp³-hybridized carbons (Fsp3) is 0.571. The zero-order chi connectivity index (χ0) is 25.5. The molecule has 2 aromatic rings. The Balaban J connectivity index is 0.000000615. The zero-order valence-corrected chi connectivity index (χ0v) is 29.8. The molecule has 0 aliphatic carbocycles.